The minimum Gasteiger partial charge on any atom is -0.342 e. The van der Waals surface area contributed by atoms with E-state index in [0.717, 1.165) is 49.1 Å². The summed E-state index contributed by atoms with van der Waals surface area (Å²) in [6, 6.07) is 19.4. The fourth-order valence-corrected chi connectivity index (χ4v) is 4.59. The maximum absolute atomic E-state index is 12.7. The van der Waals surface area contributed by atoms with E-state index in [1.54, 1.807) is 0 Å². The minimum atomic E-state index is 0.0397. The van der Waals surface area contributed by atoms with Crippen molar-refractivity contribution in [1.82, 2.24) is 9.88 Å². The second kappa shape index (κ2) is 8.82. The fraction of sp³-hybridized carbons (Fsp3) is 0.429. The number of fused-ring (bicyclic) bond motifs is 1. The van der Waals surface area contributed by atoms with Crippen LogP contribution in [0.4, 0.5) is 0 Å². The van der Waals surface area contributed by atoms with Crippen LogP contribution in [0, 0.1) is 11.3 Å². The zero-order valence-electron chi connectivity index (χ0n) is 19.3. The molecule has 0 spiro atoms. The molecule has 0 radical (unpaired) electrons. The van der Waals surface area contributed by atoms with E-state index in [-0.39, 0.29) is 5.41 Å². The Bertz CT molecular complexity index is 1070. The first kappa shape index (κ1) is 21.5. The number of carbonyl (C=O) groups excluding carboxylic acids is 1. The van der Waals surface area contributed by atoms with E-state index in [1.807, 2.05) is 6.07 Å². The van der Waals surface area contributed by atoms with Gasteiger partial charge >= 0.3 is 0 Å². The van der Waals surface area contributed by atoms with Gasteiger partial charge < -0.3 is 4.90 Å². The molecule has 3 nitrogen and oxygen atoms in total. The molecule has 0 N–H and O–H groups in total. The van der Waals surface area contributed by atoms with Crippen LogP contribution in [0.3, 0.4) is 0 Å². The molecule has 1 unspecified atom stereocenters. The van der Waals surface area contributed by atoms with Gasteiger partial charge in [-0.25, -0.2) is 4.98 Å². The highest BCUT2D eigenvalue weighted by atomic mass is 16.2. The summed E-state index contributed by atoms with van der Waals surface area (Å²) in [6.45, 7) is 10.3. The zero-order valence-corrected chi connectivity index (χ0v) is 19.3. The topological polar surface area (TPSA) is 33.2 Å². The molecular formula is C28H34N2O. The third kappa shape index (κ3) is 5.15. The van der Waals surface area contributed by atoms with Crippen molar-refractivity contribution in [1.29, 1.82) is 0 Å². The lowest BCUT2D eigenvalue weighted by Crippen LogP contribution is -2.31. The molecule has 0 bridgehead atoms. The first-order chi connectivity index (χ1) is 14.8. The van der Waals surface area contributed by atoms with Crippen LogP contribution in [0.2, 0.25) is 0 Å². The number of hydrogen-bond acceptors (Lipinski definition) is 2. The van der Waals surface area contributed by atoms with Crippen molar-refractivity contribution < 1.29 is 4.79 Å². The Kier molecular flexibility index (Phi) is 6.13. The van der Waals surface area contributed by atoms with Crippen LogP contribution in [0.25, 0.3) is 22.2 Å². The lowest BCUT2D eigenvalue weighted by Gasteiger charge is -2.23. The van der Waals surface area contributed by atoms with E-state index in [2.05, 4.69) is 81.1 Å². The van der Waals surface area contributed by atoms with Crippen LogP contribution in [-0.4, -0.2) is 28.9 Å². The molecular weight excluding hydrogens is 380 g/mol. The summed E-state index contributed by atoms with van der Waals surface area (Å²) in [6.07, 6.45) is 3.70. The lowest BCUT2D eigenvalue weighted by atomic mass is 9.91. The van der Waals surface area contributed by atoms with E-state index in [1.165, 1.54) is 16.5 Å². The van der Waals surface area contributed by atoms with Gasteiger partial charge in [-0.15, -0.1) is 0 Å². The van der Waals surface area contributed by atoms with Crippen LogP contribution in [0.5, 0.6) is 0 Å². The van der Waals surface area contributed by atoms with Crippen molar-refractivity contribution in [2.45, 2.75) is 53.4 Å². The van der Waals surface area contributed by atoms with Crippen molar-refractivity contribution in [3.05, 3.63) is 65.7 Å². The number of likely N-dealkylation sites (tertiary alicyclic amines) is 1. The maximum Gasteiger partial charge on any atom is 0.223 e. The Balaban J connectivity index is 1.62. The number of aryl methyl sites for hydroxylation is 1. The molecule has 31 heavy (non-hydrogen) atoms. The quantitative estimate of drug-likeness (QED) is 0.491. The number of benzene rings is 2. The van der Waals surface area contributed by atoms with E-state index in [0.29, 0.717) is 18.2 Å². The summed E-state index contributed by atoms with van der Waals surface area (Å²) in [4.78, 5) is 19.8. The Labute approximate surface area is 186 Å². The summed E-state index contributed by atoms with van der Waals surface area (Å²) in [5, 5.41) is 1.25. The van der Waals surface area contributed by atoms with Crippen molar-refractivity contribution in [2.24, 2.45) is 11.3 Å². The van der Waals surface area contributed by atoms with Gasteiger partial charge in [0.1, 0.15) is 0 Å². The Hall–Kier alpha value is -2.68. The number of pyridine rings is 1. The molecule has 1 atom stereocenters. The van der Waals surface area contributed by atoms with Crippen LogP contribution in [0.15, 0.2) is 54.6 Å². The van der Waals surface area contributed by atoms with Gasteiger partial charge in [-0.05, 0) is 53.9 Å². The summed E-state index contributed by atoms with van der Waals surface area (Å²) < 4.78 is 0. The average molecular weight is 415 g/mol. The van der Waals surface area contributed by atoms with Gasteiger partial charge in [0.2, 0.25) is 5.91 Å². The standard InChI is InChI=1S/C28H34N2O/c1-5-20-11-12-24-23(15-21-13-14-30(19-21)27(31)18-28(2,3)4)17-25(29-26(24)16-20)22-9-7-6-8-10-22/h6-12,16-17,21H,5,13-15,18-19H2,1-4H3. The molecule has 2 heterocycles. The van der Waals surface area contributed by atoms with Crippen molar-refractivity contribution in [3.8, 4) is 11.3 Å². The number of rotatable bonds is 5. The van der Waals surface area contributed by atoms with Gasteiger partial charge in [0.25, 0.3) is 0 Å². The zero-order chi connectivity index (χ0) is 22.0. The molecule has 4 rings (SSSR count). The van der Waals surface area contributed by atoms with Gasteiger partial charge in [0.15, 0.2) is 0 Å². The molecule has 1 amide bonds. The predicted octanol–water partition coefficient (Wildman–Crippen LogP) is 6.29. The van der Waals surface area contributed by atoms with Crippen molar-refractivity contribution >= 4 is 16.8 Å². The Morgan fingerprint density at radius 2 is 1.87 bits per heavy atom. The summed E-state index contributed by atoms with van der Waals surface area (Å²) >= 11 is 0. The van der Waals surface area contributed by atoms with Crippen molar-refractivity contribution in [2.75, 3.05) is 13.1 Å². The Morgan fingerprint density at radius 1 is 1.10 bits per heavy atom. The molecule has 1 aliphatic rings. The number of aromatic nitrogens is 1. The molecule has 3 aromatic rings. The second-order valence-corrected chi connectivity index (χ2v) is 10.2. The molecule has 1 aliphatic heterocycles. The number of carbonyl (C=O) groups is 1. The van der Waals surface area contributed by atoms with E-state index in [4.69, 9.17) is 4.98 Å². The average Bonchev–Trinajstić information content (AvgIpc) is 3.21. The monoisotopic (exact) mass is 414 g/mol. The van der Waals surface area contributed by atoms with E-state index in [9.17, 15) is 4.79 Å². The number of hydrogen-bond donors (Lipinski definition) is 0. The van der Waals surface area contributed by atoms with Crippen molar-refractivity contribution in [3.63, 3.8) is 0 Å². The molecule has 1 saturated heterocycles. The maximum atomic E-state index is 12.7. The number of amides is 1. The first-order valence-electron chi connectivity index (χ1n) is 11.6. The Morgan fingerprint density at radius 3 is 2.58 bits per heavy atom. The summed E-state index contributed by atoms with van der Waals surface area (Å²) in [5.74, 6) is 0.802. The van der Waals surface area contributed by atoms with Gasteiger partial charge in [0, 0.05) is 30.5 Å². The second-order valence-electron chi connectivity index (χ2n) is 10.2. The highest BCUT2D eigenvalue weighted by Crippen LogP contribution is 2.30. The van der Waals surface area contributed by atoms with Gasteiger partial charge in [-0.2, -0.15) is 0 Å². The minimum absolute atomic E-state index is 0.0397. The smallest absolute Gasteiger partial charge is 0.223 e. The fourth-order valence-electron chi connectivity index (χ4n) is 4.59. The molecule has 2 aromatic carbocycles. The van der Waals surface area contributed by atoms with Crippen LogP contribution >= 0.6 is 0 Å². The largest absolute Gasteiger partial charge is 0.342 e. The van der Waals surface area contributed by atoms with Crippen LogP contribution in [0.1, 0.15) is 51.7 Å². The normalized spacial score (nSPS) is 16.8. The van der Waals surface area contributed by atoms with E-state index < -0.39 is 0 Å². The number of nitrogens with zero attached hydrogens (tertiary/aromatic N) is 2. The first-order valence-corrected chi connectivity index (χ1v) is 11.6. The molecule has 1 fully saturated rings. The van der Waals surface area contributed by atoms with Gasteiger partial charge in [-0.1, -0.05) is 70.2 Å². The lowest BCUT2D eigenvalue weighted by molar-refractivity contribution is -0.132. The summed E-state index contributed by atoms with van der Waals surface area (Å²) in [7, 11) is 0. The van der Waals surface area contributed by atoms with Crippen LogP contribution < -0.4 is 0 Å². The SMILES string of the molecule is CCc1ccc2c(CC3CCN(C(=O)CC(C)(C)C)C3)cc(-c3ccccc3)nc2c1. The van der Waals surface area contributed by atoms with E-state index >= 15 is 0 Å². The highest BCUT2D eigenvalue weighted by molar-refractivity contribution is 5.86. The molecule has 162 valence electrons. The van der Waals surface area contributed by atoms with Gasteiger partial charge in [0.05, 0.1) is 11.2 Å². The molecule has 0 saturated carbocycles. The molecule has 3 heteroatoms. The third-order valence-electron chi connectivity index (χ3n) is 6.27. The third-order valence-corrected chi connectivity index (χ3v) is 6.27. The predicted molar refractivity (Wildman–Crippen MR) is 129 cm³/mol. The molecule has 1 aromatic heterocycles. The summed E-state index contributed by atoms with van der Waals surface area (Å²) in [5.41, 5.74) is 5.97. The molecule has 0 aliphatic carbocycles. The van der Waals surface area contributed by atoms with Gasteiger partial charge in [-0.3, -0.25) is 4.79 Å². The highest BCUT2D eigenvalue weighted by Gasteiger charge is 2.29. The van der Waals surface area contributed by atoms with Crippen LogP contribution in [-0.2, 0) is 17.6 Å².